The number of carbonyl (C=O) groups is 1. The largest absolute Gasteiger partial charge is 0.495 e. The number of nitrogens with zero attached hydrogens (tertiary/aromatic N) is 6. The van der Waals surface area contributed by atoms with Crippen molar-refractivity contribution < 1.29 is 18.3 Å². The lowest BCUT2D eigenvalue weighted by molar-refractivity contribution is -0.119. The Kier molecular flexibility index (Phi) is 7.35. The number of alkyl halides is 2. The Bertz CT molecular complexity index is 1780. The number of pyridine rings is 1. The number of methoxy groups -OCH3 is 1. The number of rotatable bonds is 8. The van der Waals surface area contributed by atoms with Crippen LogP contribution in [0.1, 0.15) is 31.5 Å². The molecule has 1 N–H and O–H groups in total. The summed E-state index contributed by atoms with van der Waals surface area (Å²) in [5.74, 6) is -0.117. The lowest BCUT2D eigenvalue weighted by Crippen LogP contribution is -2.32. The summed E-state index contributed by atoms with van der Waals surface area (Å²) in [5, 5.41) is 15.7. The minimum Gasteiger partial charge on any atom is -0.495 e. The molecule has 0 bridgehead atoms. The summed E-state index contributed by atoms with van der Waals surface area (Å²) in [4.78, 5) is 26.7. The molecule has 0 saturated carbocycles. The first-order valence-corrected chi connectivity index (χ1v) is 12.6. The molecule has 0 radical (unpaired) electrons. The number of halogens is 3. The van der Waals surface area contributed by atoms with Crippen molar-refractivity contribution in [2.24, 2.45) is 7.05 Å². The molecule has 5 rings (SSSR count). The van der Waals surface area contributed by atoms with E-state index in [1.165, 1.54) is 28.6 Å². The molecule has 10 nitrogen and oxygen atoms in total. The molecule has 1 unspecified atom stereocenters. The minimum absolute atomic E-state index is 0.264. The Hall–Kier alpha value is -4.58. The second kappa shape index (κ2) is 10.9. The smallest absolute Gasteiger partial charge is 0.283 e. The van der Waals surface area contributed by atoms with Crippen molar-refractivity contribution in [2.75, 3.05) is 12.4 Å². The molecule has 0 aliphatic rings. The van der Waals surface area contributed by atoms with Crippen LogP contribution in [0.2, 0.25) is 5.02 Å². The Morgan fingerprint density at radius 1 is 1.10 bits per heavy atom. The molecule has 5 aromatic rings. The van der Waals surface area contributed by atoms with Crippen molar-refractivity contribution in [3.63, 3.8) is 0 Å². The molecule has 0 spiro atoms. The number of amides is 1. The number of hydrogen-bond acceptors (Lipinski definition) is 6. The zero-order chi connectivity index (χ0) is 28.6. The molecule has 206 valence electrons. The summed E-state index contributed by atoms with van der Waals surface area (Å²) in [5.41, 5.74) is 1.49. The van der Waals surface area contributed by atoms with Gasteiger partial charge in [-0.25, -0.2) is 13.5 Å². The van der Waals surface area contributed by atoms with Crippen LogP contribution in [0, 0.1) is 0 Å². The van der Waals surface area contributed by atoms with E-state index in [4.69, 9.17) is 16.3 Å². The second-order valence-corrected chi connectivity index (χ2v) is 9.48. The third kappa shape index (κ3) is 5.17. The molecule has 40 heavy (non-hydrogen) atoms. The predicted molar refractivity (Wildman–Crippen MR) is 146 cm³/mol. The number of nitrogens with one attached hydrogen (secondary N) is 1. The van der Waals surface area contributed by atoms with Crippen molar-refractivity contribution in [3.05, 3.63) is 82.1 Å². The SMILES string of the molecule is CCC(C(=O)Nc1ccc2nn(C)cc2c1)n1cc(OC)c(-c2cc(Cl)ccc2-n2cc(C(F)F)nn2)cc1=O. The number of aryl methyl sites for hydroxylation is 1. The van der Waals surface area contributed by atoms with Crippen LogP contribution in [0.25, 0.3) is 27.7 Å². The van der Waals surface area contributed by atoms with Crippen molar-refractivity contribution in [1.82, 2.24) is 29.3 Å². The molecule has 1 atom stereocenters. The fourth-order valence-electron chi connectivity index (χ4n) is 4.52. The van der Waals surface area contributed by atoms with Crippen LogP contribution in [0.4, 0.5) is 14.5 Å². The van der Waals surface area contributed by atoms with Gasteiger partial charge in [-0.3, -0.25) is 18.8 Å². The summed E-state index contributed by atoms with van der Waals surface area (Å²) in [6, 6.07) is 10.5. The highest BCUT2D eigenvalue weighted by Crippen LogP contribution is 2.35. The van der Waals surface area contributed by atoms with Gasteiger partial charge in [-0.05, 0) is 42.8 Å². The van der Waals surface area contributed by atoms with Gasteiger partial charge in [0.15, 0.2) is 0 Å². The van der Waals surface area contributed by atoms with Gasteiger partial charge in [-0.15, -0.1) is 5.10 Å². The number of anilines is 1. The normalized spacial score (nSPS) is 12.2. The van der Waals surface area contributed by atoms with Crippen LogP contribution in [0.5, 0.6) is 5.75 Å². The number of carbonyl (C=O) groups excluding carboxylic acids is 1. The molecule has 3 heterocycles. The van der Waals surface area contributed by atoms with E-state index < -0.39 is 23.7 Å². The Morgan fingerprint density at radius 3 is 2.60 bits per heavy atom. The van der Waals surface area contributed by atoms with E-state index in [1.54, 1.807) is 41.9 Å². The van der Waals surface area contributed by atoms with Gasteiger partial charge in [-0.2, -0.15) is 5.10 Å². The van der Waals surface area contributed by atoms with Crippen molar-refractivity contribution in [1.29, 1.82) is 0 Å². The minimum atomic E-state index is -2.80. The molecule has 3 aromatic heterocycles. The fourth-order valence-corrected chi connectivity index (χ4v) is 4.70. The summed E-state index contributed by atoms with van der Waals surface area (Å²) >= 11 is 6.26. The topological polar surface area (TPSA) is 109 Å². The first-order chi connectivity index (χ1) is 19.2. The maximum Gasteiger partial charge on any atom is 0.283 e. The lowest BCUT2D eigenvalue weighted by Gasteiger charge is -2.20. The van der Waals surface area contributed by atoms with Gasteiger partial charge in [0.05, 0.1) is 30.7 Å². The van der Waals surface area contributed by atoms with Crippen molar-refractivity contribution in [3.8, 4) is 22.6 Å². The lowest BCUT2D eigenvalue weighted by atomic mass is 10.0. The molecular weight excluding hydrogens is 544 g/mol. The van der Waals surface area contributed by atoms with Crippen molar-refractivity contribution in [2.45, 2.75) is 25.8 Å². The van der Waals surface area contributed by atoms with Gasteiger partial charge in [0.1, 0.15) is 17.5 Å². The zero-order valence-electron chi connectivity index (χ0n) is 21.7. The number of benzene rings is 2. The average Bonchev–Trinajstić information content (AvgIpc) is 3.56. The third-order valence-corrected chi connectivity index (χ3v) is 6.64. The highest BCUT2D eigenvalue weighted by molar-refractivity contribution is 6.31. The van der Waals surface area contributed by atoms with E-state index in [-0.39, 0.29) is 11.7 Å². The maximum atomic E-state index is 13.4. The summed E-state index contributed by atoms with van der Waals surface area (Å²) in [6.07, 6.45) is 1.92. The Labute approximate surface area is 231 Å². The maximum absolute atomic E-state index is 13.4. The van der Waals surface area contributed by atoms with E-state index >= 15 is 0 Å². The number of fused-ring (bicyclic) bond motifs is 1. The number of hydrogen-bond donors (Lipinski definition) is 1. The molecule has 1 amide bonds. The first-order valence-electron chi connectivity index (χ1n) is 12.2. The monoisotopic (exact) mass is 567 g/mol. The van der Waals surface area contributed by atoms with E-state index in [0.29, 0.717) is 33.9 Å². The molecular formula is C27H24ClF2N7O3. The van der Waals surface area contributed by atoms with E-state index in [1.807, 2.05) is 19.3 Å². The van der Waals surface area contributed by atoms with Crippen LogP contribution in [0.3, 0.4) is 0 Å². The fraction of sp³-hybridized carbons (Fsp3) is 0.222. The summed E-state index contributed by atoms with van der Waals surface area (Å²) < 4.78 is 36.1. The predicted octanol–water partition coefficient (Wildman–Crippen LogP) is 5.17. The molecule has 0 aliphatic carbocycles. The highest BCUT2D eigenvalue weighted by Gasteiger charge is 2.24. The molecule has 0 fully saturated rings. The molecule has 0 aliphatic heterocycles. The standard InChI is InChI=1S/C27H24ClF2N7O3/c1-4-22(27(39)31-17-6-7-20-15(9-17)12-35(2)33-20)36-14-24(40-3)19(11-25(36)38)18-10-16(28)5-8-23(18)37-13-21(26(29)30)32-34-37/h5-14,22,26H,4H2,1-3H3,(H,31,39). The van der Waals surface area contributed by atoms with Crippen LogP contribution in [-0.4, -0.2) is 42.4 Å². The number of aromatic nitrogens is 6. The van der Waals surface area contributed by atoms with E-state index in [0.717, 1.165) is 17.1 Å². The quantitative estimate of drug-likeness (QED) is 0.277. The van der Waals surface area contributed by atoms with E-state index in [2.05, 4.69) is 20.7 Å². The van der Waals surface area contributed by atoms with Crippen LogP contribution in [0.15, 0.2) is 65.8 Å². The van der Waals surface area contributed by atoms with Crippen molar-refractivity contribution >= 4 is 34.1 Å². The van der Waals surface area contributed by atoms with Crippen LogP contribution < -0.4 is 15.6 Å². The molecule has 0 saturated heterocycles. The van der Waals surface area contributed by atoms with Gasteiger partial charge in [0.2, 0.25) is 5.91 Å². The van der Waals surface area contributed by atoms with Gasteiger partial charge >= 0.3 is 0 Å². The highest BCUT2D eigenvalue weighted by atomic mass is 35.5. The zero-order valence-corrected chi connectivity index (χ0v) is 22.4. The second-order valence-electron chi connectivity index (χ2n) is 9.04. The number of ether oxygens (including phenoxy) is 1. The van der Waals surface area contributed by atoms with Crippen LogP contribution >= 0.6 is 11.6 Å². The summed E-state index contributed by atoms with van der Waals surface area (Å²) in [6.45, 7) is 1.79. The molecule has 13 heteroatoms. The van der Waals surface area contributed by atoms with Gasteiger partial charge in [-0.1, -0.05) is 23.7 Å². The van der Waals surface area contributed by atoms with E-state index in [9.17, 15) is 18.4 Å². The molecule has 2 aromatic carbocycles. The van der Waals surface area contributed by atoms with Gasteiger partial charge in [0, 0.05) is 46.5 Å². The third-order valence-electron chi connectivity index (χ3n) is 6.41. The first kappa shape index (κ1) is 27.0. The summed E-state index contributed by atoms with van der Waals surface area (Å²) in [7, 11) is 3.24. The Morgan fingerprint density at radius 2 is 1.90 bits per heavy atom. The van der Waals surface area contributed by atoms with Gasteiger partial charge < -0.3 is 10.1 Å². The van der Waals surface area contributed by atoms with Gasteiger partial charge in [0.25, 0.3) is 12.0 Å². The van der Waals surface area contributed by atoms with Crippen LogP contribution in [-0.2, 0) is 11.8 Å². The average molecular weight is 568 g/mol. The Balaban J connectivity index is 1.52.